The highest BCUT2D eigenvalue weighted by Gasteiger charge is 2.61. The van der Waals surface area contributed by atoms with Crippen molar-refractivity contribution in [1.29, 1.82) is 0 Å². The van der Waals surface area contributed by atoms with Crippen molar-refractivity contribution in [3.05, 3.63) is 11.6 Å². The first-order chi connectivity index (χ1) is 14.3. The maximum absolute atomic E-state index is 12.5. The smallest absolute Gasteiger partial charge is 0.306 e. The number of ketones is 1. The Kier molecular flexibility index (Phi) is 6.21. The molecule has 0 aliphatic heterocycles. The molecule has 0 radical (unpaired) electrons. The first-order valence-corrected chi connectivity index (χ1v) is 12.7. The number of unbranched alkanes of at least 4 members (excludes halogenated alkanes) is 3. The van der Waals surface area contributed by atoms with Crippen molar-refractivity contribution in [2.24, 2.45) is 34.5 Å². The van der Waals surface area contributed by atoms with Crippen molar-refractivity contribution in [1.82, 2.24) is 0 Å². The Balaban J connectivity index is 1.47. The van der Waals surface area contributed by atoms with E-state index in [0.29, 0.717) is 35.9 Å². The highest BCUT2D eigenvalue weighted by atomic mass is 16.5. The monoisotopic (exact) mass is 414 g/mol. The van der Waals surface area contributed by atoms with Crippen LogP contribution in [-0.2, 0) is 14.3 Å². The molecule has 30 heavy (non-hydrogen) atoms. The van der Waals surface area contributed by atoms with Gasteiger partial charge < -0.3 is 4.74 Å². The van der Waals surface area contributed by atoms with Gasteiger partial charge in [0.25, 0.3) is 0 Å². The molecule has 0 saturated heterocycles. The summed E-state index contributed by atoms with van der Waals surface area (Å²) in [5.41, 5.74) is 1.78. The third kappa shape index (κ3) is 3.69. The predicted octanol–water partition coefficient (Wildman–Crippen LogP) is 6.65. The molecule has 0 amide bonds. The SMILES string of the molecule is CCCCCCC(=O)O[C@H]1CCC2C3C(CC[C@@]21C)[C@@]1(C)CCC(=O)C=C1C[C@H]3C. The quantitative estimate of drug-likeness (QED) is 0.361. The fourth-order valence-electron chi connectivity index (χ4n) is 7.96. The van der Waals surface area contributed by atoms with E-state index in [1.54, 1.807) is 0 Å². The topological polar surface area (TPSA) is 43.4 Å². The van der Waals surface area contributed by atoms with Crippen molar-refractivity contribution in [2.45, 2.75) is 111 Å². The molecule has 4 rings (SSSR count). The highest BCUT2D eigenvalue weighted by molar-refractivity contribution is 5.91. The summed E-state index contributed by atoms with van der Waals surface area (Å²) >= 11 is 0. The second kappa shape index (κ2) is 8.43. The molecule has 0 heterocycles. The van der Waals surface area contributed by atoms with E-state index in [0.717, 1.165) is 44.9 Å². The van der Waals surface area contributed by atoms with E-state index in [4.69, 9.17) is 4.74 Å². The Morgan fingerprint density at radius 3 is 2.67 bits per heavy atom. The zero-order chi connectivity index (χ0) is 21.5. The van der Waals surface area contributed by atoms with E-state index in [-0.39, 0.29) is 22.9 Å². The van der Waals surface area contributed by atoms with Crippen LogP contribution in [0.4, 0.5) is 0 Å². The molecule has 3 nitrogen and oxygen atoms in total. The van der Waals surface area contributed by atoms with E-state index in [1.807, 2.05) is 6.08 Å². The van der Waals surface area contributed by atoms with Crippen molar-refractivity contribution in [2.75, 3.05) is 0 Å². The fraction of sp³-hybridized carbons (Fsp3) is 0.852. The van der Waals surface area contributed by atoms with Crippen LogP contribution in [0.25, 0.3) is 0 Å². The number of carbonyl (C=O) groups is 2. The summed E-state index contributed by atoms with van der Waals surface area (Å²) in [7, 11) is 0. The predicted molar refractivity (Wildman–Crippen MR) is 120 cm³/mol. The van der Waals surface area contributed by atoms with Gasteiger partial charge in [0.15, 0.2) is 5.78 Å². The van der Waals surface area contributed by atoms with Crippen LogP contribution < -0.4 is 0 Å². The molecule has 0 aromatic heterocycles. The lowest BCUT2D eigenvalue weighted by atomic mass is 9.45. The number of allylic oxidation sites excluding steroid dienone is 1. The molecule has 3 heteroatoms. The molecule has 3 saturated carbocycles. The van der Waals surface area contributed by atoms with Crippen LogP contribution in [-0.4, -0.2) is 17.9 Å². The third-order valence-electron chi connectivity index (χ3n) is 9.73. The summed E-state index contributed by atoms with van der Waals surface area (Å²) in [6.45, 7) is 9.47. The average molecular weight is 415 g/mol. The molecule has 4 aliphatic rings. The molecule has 3 unspecified atom stereocenters. The zero-order valence-corrected chi connectivity index (χ0v) is 19.7. The Morgan fingerprint density at radius 1 is 1.10 bits per heavy atom. The standard InChI is InChI=1S/C27H42O3/c1-5-6-7-8-9-24(29)30-23-11-10-21-25-18(2)16-19-17-20(28)12-14-26(19,3)22(25)13-15-27(21,23)4/h17-18,21-23,25H,5-16H2,1-4H3/t18-,21?,22?,23+,25?,26+,27+/m1/s1. The number of carbonyl (C=O) groups excluding carboxylic acids is 2. The number of fused-ring (bicyclic) bond motifs is 5. The van der Waals surface area contributed by atoms with Gasteiger partial charge in [-0.15, -0.1) is 0 Å². The number of hydrogen-bond acceptors (Lipinski definition) is 3. The lowest BCUT2D eigenvalue weighted by Crippen LogP contribution is -2.54. The van der Waals surface area contributed by atoms with Crippen LogP contribution in [0.5, 0.6) is 0 Å². The van der Waals surface area contributed by atoms with E-state index >= 15 is 0 Å². The molecule has 3 fully saturated rings. The zero-order valence-electron chi connectivity index (χ0n) is 19.7. The minimum Gasteiger partial charge on any atom is -0.462 e. The summed E-state index contributed by atoms with van der Waals surface area (Å²) in [4.78, 5) is 24.6. The molecule has 0 N–H and O–H groups in total. The van der Waals surface area contributed by atoms with Gasteiger partial charge in [-0.05, 0) is 80.1 Å². The van der Waals surface area contributed by atoms with Gasteiger partial charge in [-0.2, -0.15) is 0 Å². The van der Waals surface area contributed by atoms with Crippen LogP contribution in [0.15, 0.2) is 11.6 Å². The number of rotatable bonds is 6. The summed E-state index contributed by atoms with van der Waals surface area (Å²) in [5, 5.41) is 0. The molecule has 0 aromatic carbocycles. The third-order valence-corrected chi connectivity index (χ3v) is 9.73. The van der Waals surface area contributed by atoms with E-state index < -0.39 is 0 Å². The Hall–Kier alpha value is -1.12. The van der Waals surface area contributed by atoms with Crippen LogP contribution in [0.2, 0.25) is 0 Å². The fourth-order valence-corrected chi connectivity index (χ4v) is 7.96. The van der Waals surface area contributed by atoms with Gasteiger partial charge in [-0.1, -0.05) is 52.5 Å². The van der Waals surface area contributed by atoms with Crippen molar-refractivity contribution in [3.63, 3.8) is 0 Å². The van der Waals surface area contributed by atoms with Crippen LogP contribution in [0, 0.1) is 34.5 Å². The Morgan fingerprint density at radius 2 is 1.90 bits per heavy atom. The number of hydrogen-bond donors (Lipinski definition) is 0. The summed E-state index contributed by atoms with van der Waals surface area (Å²) in [6.07, 6.45) is 14.6. The normalized spacial score (nSPS) is 42.7. The summed E-state index contributed by atoms with van der Waals surface area (Å²) in [6, 6.07) is 0. The first-order valence-electron chi connectivity index (χ1n) is 12.7. The second-order valence-corrected chi connectivity index (χ2v) is 11.4. The molecular formula is C27H42O3. The van der Waals surface area contributed by atoms with Crippen LogP contribution >= 0.6 is 0 Å². The maximum atomic E-state index is 12.5. The number of esters is 1. The summed E-state index contributed by atoms with van der Waals surface area (Å²) < 4.78 is 6.13. The van der Waals surface area contributed by atoms with Gasteiger partial charge in [0, 0.05) is 18.3 Å². The minimum atomic E-state index is 0.0276. The Bertz CT molecular complexity index is 709. The average Bonchev–Trinajstić information content (AvgIpc) is 3.03. The lowest BCUT2D eigenvalue weighted by molar-refractivity contribution is -0.161. The van der Waals surface area contributed by atoms with E-state index in [2.05, 4.69) is 27.7 Å². The molecule has 0 bridgehead atoms. The van der Waals surface area contributed by atoms with Crippen molar-refractivity contribution < 1.29 is 14.3 Å². The van der Waals surface area contributed by atoms with Crippen LogP contribution in [0.1, 0.15) is 105 Å². The van der Waals surface area contributed by atoms with Gasteiger partial charge in [0.05, 0.1) is 0 Å². The maximum Gasteiger partial charge on any atom is 0.306 e. The molecule has 4 aliphatic carbocycles. The van der Waals surface area contributed by atoms with E-state index in [1.165, 1.54) is 31.3 Å². The van der Waals surface area contributed by atoms with Gasteiger partial charge in [0.1, 0.15) is 6.10 Å². The first kappa shape index (κ1) is 22.1. The molecule has 168 valence electrons. The van der Waals surface area contributed by atoms with Gasteiger partial charge in [0.2, 0.25) is 0 Å². The van der Waals surface area contributed by atoms with Gasteiger partial charge in [-0.3, -0.25) is 9.59 Å². The van der Waals surface area contributed by atoms with Gasteiger partial charge in [-0.25, -0.2) is 0 Å². The summed E-state index contributed by atoms with van der Waals surface area (Å²) in [5.74, 6) is 3.02. The minimum absolute atomic E-state index is 0.0276. The lowest BCUT2D eigenvalue weighted by Gasteiger charge is -2.59. The Labute approximate surface area is 183 Å². The van der Waals surface area contributed by atoms with Gasteiger partial charge >= 0.3 is 5.97 Å². The molecule has 0 spiro atoms. The highest BCUT2D eigenvalue weighted by Crippen LogP contribution is 2.66. The molecular weight excluding hydrogens is 372 g/mol. The number of ether oxygens (including phenoxy) is 1. The van der Waals surface area contributed by atoms with E-state index in [9.17, 15) is 9.59 Å². The van der Waals surface area contributed by atoms with Crippen molar-refractivity contribution >= 4 is 11.8 Å². The van der Waals surface area contributed by atoms with Crippen LogP contribution in [0.3, 0.4) is 0 Å². The molecule has 0 aromatic rings. The molecule has 7 atom stereocenters. The van der Waals surface area contributed by atoms with Crippen molar-refractivity contribution in [3.8, 4) is 0 Å². The second-order valence-electron chi connectivity index (χ2n) is 11.4. The largest absolute Gasteiger partial charge is 0.462 e.